The number of hydrogen-bond acceptors (Lipinski definition) is 4. The molecular weight excluding hydrogens is 296 g/mol. The lowest BCUT2D eigenvalue weighted by Crippen LogP contribution is -2.30. The third kappa shape index (κ3) is 4.80. The van der Waals surface area contributed by atoms with Crippen molar-refractivity contribution in [1.29, 1.82) is 0 Å². The van der Waals surface area contributed by atoms with Crippen LogP contribution in [0.25, 0.3) is 0 Å². The van der Waals surface area contributed by atoms with Crippen LogP contribution in [0.15, 0.2) is 36.5 Å². The van der Waals surface area contributed by atoms with E-state index in [-0.39, 0.29) is 24.5 Å². The minimum Gasteiger partial charge on any atom is -0.348 e. The molecule has 2 N–H and O–H groups in total. The standard InChI is InChI=1S/C15H20N6O2/c1-11(12-7-5-4-6-8-12)16-14(22)10-21-9-13(18-19-21)17-15(23)20(2)3/h4-9,11H,10H2,1-3H3,(H,16,22)(H,17,23). The summed E-state index contributed by atoms with van der Waals surface area (Å²) in [7, 11) is 3.25. The van der Waals surface area contributed by atoms with Gasteiger partial charge in [0.15, 0.2) is 5.82 Å². The average molecular weight is 316 g/mol. The molecule has 0 bridgehead atoms. The van der Waals surface area contributed by atoms with E-state index in [1.54, 1.807) is 14.1 Å². The number of carbonyl (C=O) groups is 2. The number of rotatable bonds is 5. The number of aromatic nitrogens is 3. The first-order valence-electron chi connectivity index (χ1n) is 7.18. The SMILES string of the molecule is CC(NC(=O)Cn1cc(NC(=O)N(C)C)nn1)c1ccccc1. The molecule has 0 aliphatic carbocycles. The van der Waals surface area contributed by atoms with Gasteiger partial charge < -0.3 is 10.2 Å². The topological polar surface area (TPSA) is 92.2 Å². The molecule has 0 spiro atoms. The molecule has 8 heteroatoms. The quantitative estimate of drug-likeness (QED) is 0.868. The zero-order valence-corrected chi connectivity index (χ0v) is 13.4. The Morgan fingerprint density at radius 1 is 1.26 bits per heavy atom. The van der Waals surface area contributed by atoms with Crippen LogP contribution in [-0.2, 0) is 11.3 Å². The van der Waals surface area contributed by atoms with Crippen molar-refractivity contribution < 1.29 is 9.59 Å². The van der Waals surface area contributed by atoms with E-state index in [0.29, 0.717) is 5.82 Å². The third-order valence-corrected chi connectivity index (χ3v) is 3.16. The molecule has 23 heavy (non-hydrogen) atoms. The lowest BCUT2D eigenvalue weighted by molar-refractivity contribution is -0.122. The van der Waals surface area contributed by atoms with E-state index in [0.717, 1.165) is 5.56 Å². The smallest absolute Gasteiger partial charge is 0.322 e. The van der Waals surface area contributed by atoms with Crippen LogP contribution in [0.5, 0.6) is 0 Å². The number of benzene rings is 1. The van der Waals surface area contributed by atoms with Gasteiger partial charge in [0.25, 0.3) is 0 Å². The Kier molecular flexibility index (Phi) is 5.29. The minimum absolute atomic E-state index is 0.0298. The van der Waals surface area contributed by atoms with Crippen LogP contribution in [0.4, 0.5) is 10.6 Å². The molecule has 0 saturated carbocycles. The Labute approximate surface area is 134 Å². The summed E-state index contributed by atoms with van der Waals surface area (Å²) in [6.07, 6.45) is 1.51. The van der Waals surface area contributed by atoms with Crippen LogP contribution in [0.3, 0.4) is 0 Å². The number of hydrogen-bond donors (Lipinski definition) is 2. The highest BCUT2D eigenvalue weighted by atomic mass is 16.2. The lowest BCUT2D eigenvalue weighted by Gasteiger charge is -2.14. The van der Waals surface area contributed by atoms with Gasteiger partial charge in [0, 0.05) is 14.1 Å². The highest BCUT2D eigenvalue weighted by Crippen LogP contribution is 2.11. The van der Waals surface area contributed by atoms with Gasteiger partial charge in [-0.3, -0.25) is 10.1 Å². The van der Waals surface area contributed by atoms with Gasteiger partial charge in [-0.2, -0.15) is 0 Å². The maximum absolute atomic E-state index is 12.0. The molecule has 0 aliphatic rings. The molecule has 1 aromatic heterocycles. The molecule has 3 amide bonds. The van der Waals surface area contributed by atoms with E-state index in [4.69, 9.17) is 0 Å². The molecule has 0 saturated heterocycles. The largest absolute Gasteiger partial charge is 0.348 e. The molecule has 0 fully saturated rings. The molecular formula is C15H20N6O2. The maximum atomic E-state index is 12.0. The van der Waals surface area contributed by atoms with Crippen LogP contribution in [0, 0.1) is 0 Å². The Bertz CT molecular complexity index is 668. The Morgan fingerprint density at radius 2 is 1.96 bits per heavy atom. The monoisotopic (exact) mass is 316 g/mol. The van der Waals surface area contributed by atoms with Gasteiger partial charge in [-0.15, -0.1) is 5.10 Å². The fourth-order valence-corrected chi connectivity index (χ4v) is 1.91. The summed E-state index contributed by atoms with van der Waals surface area (Å²) in [5.41, 5.74) is 1.03. The zero-order chi connectivity index (χ0) is 16.8. The molecule has 2 rings (SSSR count). The van der Waals surface area contributed by atoms with E-state index in [1.165, 1.54) is 15.8 Å². The van der Waals surface area contributed by atoms with Crippen molar-refractivity contribution in [1.82, 2.24) is 25.2 Å². The Hall–Kier alpha value is -2.90. The van der Waals surface area contributed by atoms with E-state index >= 15 is 0 Å². The van der Waals surface area contributed by atoms with E-state index in [9.17, 15) is 9.59 Å². The molecule has 8 nitrogen and oxygen atoms in total. The molecule has 1 unspecified atom stereocenters. The summed E-state index contributed by atoms with van der Waals surface area (Å²) >= 11 is 0. The summed E-state index contributed by atoms with van der Waals surface area (Å²) in [5, 5.41) is 13.1. The van der Waals surface area contributed by atoms with E-state index in [1.807, 2.05) is 37.3 Å². The molecule has 2 aromatic rings. The second-order valence-electron chi connectivity index (χ2n) is 5.33. The number of nitrogens with zero attached hydrogens (tertiary/aromatic N) is 4. The lowest BCUT2D eigenvalue weighted by atomic mass is 10.1. The number of nitrogens with one attached hydrogen (secondary N) is 2. The summed E-state index contributed by atoms with van der Waals surface area (Å²) in [5.74, 6) is 0.115. The predicted molar refractivity (Wildman–Crippen MR) is 85.7 cm³/mol. The minimum atomic E-state index is -0.306. The van der Waals surface area contributed by atoms with Gasteiger partial charge in [-0.05, 0) is 12.5 Å². The summed E-state index contributed by atoms with van der Waals surface area (Å²) in [6, 6.07) is 9.28. The Balaban J connectivity index is 1.88. The van der Waals surface area contributed by atoms with Crippen molar-refractivity contribution in [3.8, 4) is 0 Å². The second kappa shape index (κ2) is 7.39. The van der Waals surface area contributed by atoms with Crippen LogP contribution in [0.2, 0.25) is 0 Å². The van der Waals surface area contributed by atoms with Gasteiger partial charge in [-0.25, -0.2) is 9.48 Å². The molecule has 0 aliphatic heterocycles. The average Bonchev–Trinajstić information content (AvgIpc) is 2.94. The number of amides is 3. The highest BCUT2D eigenvalue weighted by Gasteiger charge is 2.12. The fourth-order valence-electron chi connectivity index (χ4n) is 1.91. The van der Waals surface area contributed by atoms with Crippen molar-refractivity contribution in [3.63, 3.8) is 0 Å². The van der Waals surface area contributed by atoms with Crippen LogP contribution in [-0.4, -0.2) is 45.9 Å². The van der Waals surface area contributed by atoms with Crippen LogP contribution >= 0.6 is 0 Å². The first kappa shape index (κ1) is 16.5. The van der Waals surface area contributed by atoms with Gasteiger partial charge in [0.2, 0.25) is 5.91 Å². The van der Waals surface area contributed by atoms with Gasteiger partial charge in [0.05, 0.1) is 12.2 Å². The van der Waals surface area contributed by atoms with Crippen molar-refractivity contribution in [2.75, 3.05) is 19.4 Å². The number of carbonyl (C=O) groups excluding carboxylic acids is 2. The summed E-state index contributed by atoms with van der Waals surface area (Å²) in [4.78, 5) is 24.9. The predicted octanol–water partition coefficient (Wildman–Crippen LogP) is 1.25. The fraction of sp³-hybridized carbons (Fsp3) is 0.333. The van der Waals surface area contributed by atoms with E-state index in [2.05, 4.69) is 20.9 Å². The zero-order valence-electron chi connectivity index (χ0n) is 13.4. The maximum Gasteiger partial charge on any atom is 0.322 e. The van der Waals surface area contributed by atoms with Crippen LogP contribution in [0.1, 0.15) is 18.5 Å². The van der Waals surface area contributed by atoms with Gasteiger partial charge >= 0.3 is 6.03 Å². The number of anilines is 1. The van der Waals surface area contributed by atoms with Crippen molar-refractivity contribution >= 4 is 17.8 Å². The summed E-state index contributed by atoms with van der Waals surface area (Å²) in [6.45, 7) is 1.94. The number of urea groups is 1. The molecule has 1 atom stereocenters. The first-order valence-corrected chi connectivity index (χ1v) is 7.18. The highest BCUT2D eigenvalue weighted by molar-refractivity contribution is 5.87. The third-order valence-electron chi connectivity index (χ3n) is 3.16. The molecule has 1 aromatic carbocycles. The molecule has 0 radical (unpaired) electrons. The Morgan fingerprint density at radius 3 is 2.61 bits per heavy atom. The van der Waals surface area contributed by atoms with Gasteiger partial charge in [0.1, 0.15) is 6.54 Å². The van der Waals surface area contributed by atoms with Crippen molar-refractivity contribution in [3.05, 3.63) is 42.1 Å². The first-order chi connectivity index (χ1) is 11.0. The second-order valence-corrected chi connectivity index (χ2v) is 5.33. The van der Waals surface area contributed by atoms with Gasteiger partial charge in [-0.1, -0.05) is 35.5 Å². The van der Waals surface area contributed by atoms with Crippen LogP contribution < -0.4 is 10.6 Å². The van der Waals surface area contributed by atoms with Crippen molar-refractivity contribution in [2.45, 2.75) is 19.5 Å². The normalized spacial score (nSPS) is 11.6. The molecule has 122 valence electrons. The molecule has 1 heterocycles. The summed E-state index contributed by atoms with van der Waals surface area (Å²) < 4.78 is 1.37. The van der Waals surface area contributed by atoms with E-state index < -0.39 is 0 Å². The van der Waals surface area contributed by atoms with Crippen molar-refractivity contribution in [2.24, 2.45) is 0 Å².